The number of carboxylic acid groups (broad SMARTS) is 1. The van der Waals surface area contributed by atoms with E-state index in [1.54, 1.807) is 36.4 Å². The Labute approximate surface area is 220 Å². The van der Waals surface area contributed by atoms with Crippen LogP contribution in [0.25, 0.3) is 0 Å². The molecular weight excluding hydrogens is 492 g/mol. The number of nitrogens with zero attached hydrogens (tertiary/aromatic N) is 2. The minimum atomic E-state index is -1.11. The summed E-state index contributed by atoms with van der Waals surface area (Å²) in [5.41, 5.74) is 3.93. The number of hydrogen-bond acceptors (Lipinski definition) is 5. The van der Waals surface area contributed by atoms with Crippen LogP contribution in [-0.4, -0.2) is 45.4 Å². The summed E-state index contributed by atoms with van der Waals surface area (Å²) in [6.07, 6.45) is 1.20. The zero-order valence-electron chi connectivity index (χ0n) is 20.8. The Morgan fingerprint density at radius 1 is 1.05 bits per heavy atom. The molecule has 3 N–H and O–H groups in total. The molecule has 0 fully saturated rings. The molecule has 1 aliphatic heterocycles. The number of pyridine rings is 1. The van der Waals surface area contributed by atoms with Gasteiger partial charge in [0.15, 0.2) is 0 Å². The van der Waals surface area contributed by atoms with Crippen LogP contribution in [0.1, 0.15) is 57.9 Å². The van der Waals surface area contributed by atoms with Gasteiger partial charge in [0.25, 0.3) is 5.91 Å². The van der Waals surface area contributed by atoms with Crippen LogP contribution >= 0.6 is 11.6 Å². The number of aryl methyl sites for hydroxylation is 1. The predicted octanol–water partition coefficient (Wildman–Crippen LogP) is 5.02. The Bertz CT molecular complexity index is 1320. The molecule has 0 saturated heterocycles. The van der Waals surface area contributed by atoms with E-state index in [0.717, 1.165) is 30.8 Å². The number of carboxylic acids is 1. The van der Waals surface area contributed by atoms with Crippen molar-refractivity contribution in [2.24, 2.45) is 0 Å². The fraction of sp³-hybridized carbons (Fsp3) is 0.286. The van der Waals surface area contributed by atoms with E-state index in [1.165, 1.54) is 12.1 Å². The van der Waals surface area contributed by atoms with Crippen LogP contribution in [0.4, 0.5) is 11.4 Å². The molecule has 0 unspecified atom stereocenters. The number of benzene rings is 2. The number of rotatable bonds is 8. The number of carbonyl (C=O) groups is 3. The van der Waals surface area contributed by atoms with E-state index >= 15 is 0 Å². The van der Waals surface area contributed by atoms with Gasteiger partial charge in [-0.25, -0.2) is 9.78 Å². The molecule has 3 aromatic rings. The monoisotopic (exact) mass is 520 g/mol. The molecule has 0 aliphatic carbocycles. The van der Waals surface area contributed by atoms with Gasteiger partial charge >= 0.3 is 5.97 Å². The number of hydrogen-bond donors (Lipinski definition) is 3. The molecule has 37 heavy (non-hydrogen) atoms. The summed E-state index contributed by atoms with van der Waals surface area (Å²) in [5.74, 6) is -1.75. The Kier molecular flexibility index (Phi) is 8.21. The number of amides is 2. The van der Waals surface area contributed by atoms with Crippen molar-refractivity contribution in [3.63, 3.8) is 0 Å². The molecule has 1 aromatic heterocycles. The second-order valence-corrected chi connectivity index (χ2v) is 9.74. The van der Waals surface area contributed by atoms with Crippen molar-refractivity contribution in [2.75, 3.05) is 17.2 Å². The number of nitrogens with one attached hydrogen (secondary N) is 2. The summed E-state index contributed by atoms with van der Waals surface area (Å²) in [4.78, 5) is 44.0. The molecule has 0 spiro atoms. The van der Waals surface area contributed by atoms with E-state index in [-0.39, 0.29) is 23.6 Å². The van der Waals surface area contributed by atoms with Crippen molar-refractivity contribution in [3.05, 3.63) is 87.7 Å². The second kappa shape index (κ2) is 11.5. The summed E-state index contributed by atoms with van der Waals surface area (Å²) in [6.45, 7) is 5.99. The quantitative estimate of drug-likeness (QED) is 0.384. The third-order valence-corrected chi connectivity index (χ3v) is 6.65. The highest BCUT2D eigenvalue weighted by molar-refractivity contribution is 6.30. The van der Waals surface area contributed by atoms with E-state index in [0.29, 0.717) is 34.4 Å². The summed E-state index contributed by atoms with van der Waals surface area (Å²) < 4.78 is 0. The van der Waals surface area contributed by atoms with Gasteiger partial charge in [-0.15, -0.1) is 0 Å². The highest BCUT2D eigenvalue weighted by Gasteiger charge is 2.21. The third kappa shape index (κ3) is 6.72. The fourth-order valence-electron chi connectivity index (χ4n) is 4.24. The van der Waals surface area contributed by atoms with E-state index in [9.17, 15) is 19.5 Å². The average Bonchev–Trinajstić information content (AvgIpc) is 2.88. The lowest BCUT2D eigenvalue weighted by Gasteiger charge is -2.31. The van der Waals surface area contributed by atoms with Gasteiger partial charge in [-0.2, -0.15) is 0 Å². The lowest BCUT2D eigenvalue weighted by molar-refractivity contribution is -0.116. The zero-order chi connectivity index (χ0) is 26.5. The smallest absolute Gasteiger partial charge is 0.335 e. The number of anilines is 2. The highest BCUT2D eigenvalue weighted by Crippen LogP contribution is 2.23. The van der Waals surface area contributed by atoms with E-state index < -0.39 is 11.9 Å². The first-order valence-corrected chi connectivity index (χ1v) is 12.5. The normalized spacial score (nSPS) is 13.2. The number of carbonyl (C=O) groups excluding carboxylic acids is 2. The lowest BCUT2D eigenvalue weighted by atomic mass is 10.0. The molecule has 9 heteroatoms. The largest absolute Gasteiger partial charge is 0.478 e. The van der Waals surface area contributed by atoms with Crippen LogP contribution in [0, 0.1) is 0 Å². The van der Waals surface area contributed by atoms with Gasteiger partial charge in [0.2, 0.25) is 5.91 Å². The minimum absolute atomic E-state index is 0.0387. The van der Waals surface area contributed by atoms with Crippen LogP contribution in [0.5, 0.6) is 0 Å². The molecule has 0 bridgehead atoms. The van der Waals surface area contributed by atoms with Crippen LogP contribution in [0.3, 0.4) is 0 Å². The predicted molar refractivity (Wildman–Crippen MR) is 143 cm³/mol. The summed E-state index contributed by atoms with van der Waals surface area (Å²) in [6, 6.07) is 15.3. The van der Waals surface area contributed by atoms with Gasteiger partial charge in [-0.3, -0.25) is 14.5 Å². The van der Waals surface area contributed by atoms with Gasteiger partial charge in [-0.05, 0) is 73.9 Å². The Morgan fingerprint density at radius 2 is 1.81 bits per heavy atom. The molecule has 2 amide bonds. The minimum Gasteiger partial charge on any atom is -0.478 e. The summed E-state index contributed by atoms with van der Waals surface area (Å²) in [7, 11) is 0. The molecule has 1 aliphatic rings. The van der Waals surface area contributed by atoms with Crippen molar-refractivity contribution in [3.8, 4) is 0 Å². The Morgan fingerprint density at radius 3 is 2.51 bits per heavy atom. The molecule has 0 atom stereocenters. The Balaban J connectivity index is 1.47. The van der Waals surface area contributed by atoms with Crippen molar-refractivity contribution < 1.29 is 19.5 Å². The van der Waals surface area contributed by atoms with Crippen LogP contribution in [0.15, 0.2) is 54.6 Å². The van der Waals surface area contributed by atoms with Crippen LogP contribution < -0.4 is 10.6 Å². The molecule has 192 valence electrons. The lowest BCUT2D eigenvalue weighted by Crippen LogP contribution is -2.36. The van der Waals surface area contributed by atoms with Crippen LogP contribution in [0.2, 0.25) is 5.02 Å². The average molecular weight is 521 g/mol. The number of aromatic nitrogens is 1. The molecule has 2 heterocycles. The number of aromatic carboxylic acids is 1. The Hall–Kier alpha value is -3.75. The number of halogens is 1. The first-order valence-electron chi connectivity index (χ1n) is 12.2. The standard InChI is InChI=1S/C28H29ClN4O4/c1-17(2)33-14-13-23-20(16-33)5-11-24(31-23)27(35)32-25-15-19(28(36)37)4-3-18(25)6-12-26(34)30-22-9-7-21(29)8-10-22/h3-5,7-11,15,17H,6,12-14,16H2,1-2H3,(H,30,34)(H,32,35)(H,36,37). The van der Waals surface area contributed by atoms with Gasteiger partial charge in [0, 0.05) is 54.1 Å². The molecule has 0 saturated carbocycles. The second-order valence-electron chi connectivity index (χ2n) is 9.30. The summed E-state index contributed by atoms with van der Waals surface area (Å²) in [5, 5.41) is 15.6. The topological polar surface area (TPSA) is 112 Å². The highest BCUT2D eigenvalue weighted by atomic mass is 35.5. The maximum atomic E-state index is 13.1. The van der Waals surface area contributed by atoms with Crippen molar-refractivity contribution >= 4 is 40.8 Å². The SMILES string of the molecule is CC(C)N1CCc2nc(C(=O)Nc3cc(C(=O)O)ccc3CCC(=O)Nc3ccc(Cl)cc3)ccc2C1. The van der Waals surface area contributed by atoms with E-state index in [1.807, 2.05) is 6.07 Å². The molecule has 4 rings (SSSR count). The van der Waals surface area contributed by atoms with Crippen molar-refractivity contribution in [1.82, 2.24) is 9.88 Å². The van der Waals surface area contributed by atoms with Crippen molar-refractivity contribution in [2.45, 2.75) is 45.7 Å². The van der Waals surface area contributed by atoms with E-state index in [2.05, 4.69) is 34.4 Å². The van der Waals surface area contributed by atoms with Gasteiger partial charge in [0.1, 0.15) is 5.69 Å². The zero-order valence-corrected chi connectivity index (χ0v) is 21.5. The molecular formula is C28H29ClN4O4. The molecule has 8 nitrogen and oxygen atoms in total. The third-order valence-electron chi connectivity index (χ3n) is 6.40. The first kappa shape index (κ1) is 26.3. The fourth-order valence-corrected chi connectivity index (χ4v) is 4.37. The van der Waals surface area contributed by atoms with Crippen LogP contribution in [-0.2, 0) is 24.2 Å². The first-order chi connectivity index (χ1) is 17.7. The number of fused-ring (bicyclic) bond motifs is 1. The van der Waals surface area contributed by atoms with Gasteiger partial charge in [-0.1, -0.05) is 23.7 Å². The van der Waals surface area contributed by atoms with Gasteiger partial charge < -0.3 is 15.7 Å². The van der Waals surface area contributed by atoms with Crippen molar-refractivity contribution in [1.29, 1.82) is 0 Å². The summed E-state index contributed by atoms with van der Waals surface area (Å²) >= 11 is 5.88. The van der Waals surface area contributed by atoms with Gasteiger partial charge in [0.05, 0.1) is 5.56 Å². The molecule has 0 radical (unpaired) electrons. The maximum Gasteiger partial charge on any atom is 0.335 e. The molecule has 2 aromatic carbocycles. The maximum absolute atomic E-state index is 13.1. The van der Waals surface area contributed by atoms with E-state index in [4.69, 9.17) is 11.6 Å².